The Morgan fingerprint density at radius 3 is 2.45 bits per heavy atom. The Bertz CT molecular complexity index is 211. The van der Waals surface area contributed by atoms with Crippen molar-refractivity contribution in [3.8, 4) is 5.75 Å². The van der Waals surface area contributed by atoms with Crippen LogP contribution in [0.4, 0.5) is 0 Å². The van der Waals surface area contributed by atoms with Crippen molar-refractivity contribution in [2.45, 2.75) is 32.6 Å². The van der Waals surface area contributed by atoms with E-state index in [-0.39, 0.29) is 0 Å². The Labute approximate surface area is 66.8 Å². The van der Waals surface area contributed by atoms with Gasteiger partial charge in [0.05, 0.1) is 6.26 Å². The van der Waals surface area contributed by atoms with E-state index < -0.39 is 0 Å². The van der Waals surface area contributed by atoms with Crippen LogP contribution >= 0.6 is 0 Å². The van der Waals surface area contributed by atoms with E-state index in [0.29, 0.717) is 11.7 Å². The lowest BCUT2D eigenvalue weighted by Crippen LogP contribution is -1.92. The zero-order valence-corrected chi connectivity index (χ0v) is 7.00. The van der Waals surface area contributed by atoms with Gasteiger partial charge in [-0.25, -0.2) is 0 Å². The molecule has 1 aromatic rings. The van der Waals surface area contributed by atoms with Gasteiger partial charge in [-0.1, -0.05) is 13.8 Å². The second-order valence-electron chi connectivity index (χ2n) is 2.68. The maximum absolute atomic E-state index is 9.29. The Balaban J connectivity index is 2.81. The predicted molar refractivity (Wildman–Crippen MR) is 43.7 cm³/mol. The third-order valence-electron chi connectivity index (χ3n) is 2.03. The number of rotatable bonds is 3. The van der Waals surface area contributed by atoms with Crippen molar-refractivity contribution < 1.29 is 9.52 Å². The van der Waals surface area contributed by atoms with Gasteiger partial charge in [-0.15, -0.1) is 0 Å². The minimum Gasteiger partial charge on any atom is -0.504 e. The summed E-state index contributed by atoms with van der Waals surface area (Å²) in [6, 6.07) is 1.59. The van der Waals surface area contributed by atoms with Gasteiger partial charge in [0.2, 0.25) is 0 Å². The van der Waals surface area contributed by atoms with Crippen LogP contribution in [0, 0.1) is 0 Å². The molecule has 0 aliphatic rings. The Hall–Kier alpha value is -0.920. The molecule has 1 heterocycles. The summed E-state index contributed by atoms with van der Waals surface area (Å²) in [7, 11) is 0. The molecule has 0 saturated carbocycles. The highest BCUT2D eigenvalue weighted by atomic mass is 16.4. The van der Waals surface area contributed by atoms with Crippen LogP contribution in [0.25, 0.3) is 0 Å². The molecule has 0 atom stereocenters. The molecule has 1 N–H and O–H groups in total. The van der Waals surface area contributed by atoms with E-state index in [9.17, 15) is 5.11 Å². The third-order valence-corrected chi connectivity index (χ3v) is 2.03. The number of hydrogen-bond donors (Lipinski definition) is 1. The Morgan fingerprint density at radius 1 is 1.45 bits per heavy atom. The van der Waals surface area contributed by atoms with E-state index in [0.717, 1.165) is 18.6 Å². The summed E-state index contributed by atoms with van der Waals surface area (Å²) in [5.41, 5.74) is 0. The molecular formula is C9H14O2. The first-order valence-electron chi connectivity index (χ1n) is 4.05. The van der Waals surface area contributed by atoms with Crippen LogP contribution in [-0.4, -0.2) is 5.11 Å². The number of hydrogen-bond acceptors (Lipinski definition) is 2. The van der Waals surface area contributed by atoms with Gasteiger partial charge < -0.3 is 9.52 Å². The van der Waals surface area contributed by atoms with E-state index in [1.807, 2.05) is 0 Å². The van der Waals surface area contributed by atoms with Crippen molar-refractivity contribution >= 4 is 0 Å². The second kappa shape index (κ2) is 3.46. The van der Waals surface area contributed by atoms with Crippen molar-refractivity contribution in [3.63, 3.8) is 0 Å². The van der Waals surface area contributed by atoms with Gasteiger partial charge in [-0.05, 0) is 12.8 Å². The molecule has 62 valence electrons. The van der Waals surface area contributed by atoms with E-state index in [2.05, 4.69) is 13.8 Å². The first-order chi connectivity index (χ1) is 5.29. The minimum atomic E-state index is 0.290. The SMILES string of the molecule is CCC(CC)c1occc1O. The number of furan rings is 1. The predicted octanol–water partition coefficient (Wildman–Crippen LogP) is 2.89. The summed E-state index contributed by atoms with van der Waals surface area (Å²) < 4.78 is 5.16. The molecule has 0 spiro atoms. The molecule has 0 saturated heterocycles. The van der Waals surface area contributed by atoms with Crippen molar-refractivity contribution in [2.75, 3.05) is 0 Å². The first kappa shape index (κ1) is 8.18. The molecule has 0 aromatic carbocycles. The molecule has 1 aromatic heterocycles. The van der Waals surface area contributed by atoms with Crippen molar-refractivity contribution in [3.05, 3.63) is 18.1 Å². The minimum absolute atomic E-state index is 0.290. The lowest BCUT2D eigenvalue weighted by Gasteiger charge is -2.08. The lowest BCUT2D eigenvalue weighted by atomic mass is 10.0. The maximum atomic E-state index is 9.29. The normalized spacial score (nSPS) is 10.8. The van der Waals surface area contributed by atoms with Crippen LogP contribution in [0.5, 0.6) is 5.75 Å². The molecule has 11 heavy (non-hydrogen) atoms. The largest absolute Gasteiger partial charge is 0.504 e. The van der Waals surface area contributed by atoms with Gasteiger partial charge >= 0.3 is 0 Å². The second-order valence-corrected chi connectivity index (χ2v) is 2.68. The summed E-state index contributed by atoms with van der Waals surface area (Å²) >= 11 is 0. The fraction of sp³-hybridized carbons (Fsp3) is 0.556. The maximum Gasteiger partial charge on any atom is 0.157 e. The van der Waals surface area contributed by atoms with Crippen LogP contribution in [0.1, 0.15) is 38.4 Å². The van der Waals surface area contributed by atoms with Gasteiger partial charge in [-0.2, -0.15) is 0 Å². The summed E-state index contributed by atoms with van der Waals surface area (Å²) in [4.78, 5) is 0. The summed E-state index contributed by atoms with van der Waals surface area (Å²) in [6.45, 7) is 4.19. The fourth-order valence-corrected chi connectivity index (χ4v) is 1.28. The van der Waals surface area contributed by atoms with Crippen LogP contribution in [-0.2, 0) is 0 Å². The highest BCUT2D eigenvalue weighted by molar-refractivity contribution is 5.25. The van der Waals surface area contributed by atoms with E-state index >= 15 is 0 Å². The molecule has 0 unspecified atom stereocenters. The third kappa shape index (κ3) is 1.56. The van der Waals surface area contributed by atoms with Crippen LogP contribution in [0.3, 0.4) is 0 Å². The molecule has 0 bridgehead atoms. The smallest absolute Gasteiger partial charge is 0.157 e. The highest BCUT2D eigenvalue weighted by Gasteiger charge is 2.14. The average molecular weight is 154 g/mol. The Morgan fingerprint density at radius 2 is 2.09 bits per heavy atom. The summed E-state index contributed by atoms with van der Waals surface area (Å²) in [6.07, 6.45) is 3.55. The standard InChI is InChI=1S/C9H14O2/c1-3-7(4-2)9-8(10)5-6-11-9/h5-7,10H,3-4H2,1-2H3. The molecule has 0 fully saturated rings. The van der Waals surface area contributed by atoms with E-state index in [4.69, 9.17) is 4.42 Å². The molecule has 0 radical (unpaired) electrons. The Kier molecular flexibility index (Phi) is 2.58. The summed E-state index contributed by atoms with van der Waals surface area (Å²) in [5.74, 6) is 1.39. The van der Waals surface area contributed by atoms with Crippen LogP contribution in [0.15, 0.2) is 16.7 Å². The van der Waals surface area contributed by atoms with Crippen molar-refractivity contribution in [1.82, 2.24) is 0 Å². The zero-order valence-electron chi connectivity index (χ0n) is 7.00. The quantitative estimate of drug-likeness (QED) is 0.726. The highest BCUT2D eigenvalue weighted by Crippen LogP contribution is 2.30. The molecule has 0 aliphatic carbocycles. The molecule has 2 nitrogen and oxygen atoms in total. The van der Waals surface area contributed by atoms with Crippen LogP contribution in [0.2, 0.25) is 0 Å². The van der Waals surface area contributed by atoms with Gasteiger partial charge in [0.1, 0.15) is 5.76 Å². The average Bonchev–Trinajstić information content (AvgIpc) is 2.40. The van der Waals surface area contributed by atoms with Gasteiger partial charge in [-0.3, -0.25) is 0 Å². The number of aromatic hydroxyl groups is 1. The topological polar surface area (TPSA) is 33.4 Å². The first-order valence-corrected chi connectivity index (χ1v) is 4.05. The van der Waals surface area contributed by atoms with Gasteiger partial charge in [0.15, 0.2) is 5.75 Å². The molecule has 2 heteroatoms. The van der Waals surface area contributed by atoms with Crippen molar-refractivity contribution in [1.29, 1.82) is 0 Å². The molecule has 1 rings (SSSR count). The van der Waals surface area contributed by atoms with E-state index in [1.54, 1.807) is 6.07 Å². The van der Waals surface area contributed by atoms with E-state index in [1.165, 1.54) is 6.26 Å². The molecule has 0 aliphatic heterocycles. The van der Waals surface area contributed by atoms with Crippen molar-refractivity contribution in [2.24, 2.45) is 0 Å². The summed E-state index contributed by atoms with van der Waals surface area (Å²) in [5, 5.41) is 9.29. The molecular weight excluding hydrogens is 140 g/mol. The monoisotopic (exact) mass is 154 g/mol. The van der Waals surface area contributed by atoms with Crippen LogP contribution < -0.4 is 0 Å². The zero-order chi connectivity index (χ0) is 8.27. The fourth-order valence-electron chi connectivity index (χ4n) is 1.28. The molecule has 0 amide bonds. The van der Waals surface area contributed by atoms with Gasteiger partial charge in [0.25, 0.3) is 0 Å². The lowest BCUT2D eigenvalue weighted by molar-refractivity contribution is 0.397. The van der Waals surface area contributed by atoms with Gasteiger partial charge in [0, 0.05) is 12.0 Å².